The number of rotatable bonds is 13. The second-order valence-electron chi connectivity index (χ2n) is 17.6. The number of amides is 1. The summed E-state index contributed by atoms with van der Waals surface area (Å²) in [4.78, 5) is 39.8. The van der Waals surface area contributed by atoms with E-state index in [-0.39, 0.29) is 22.9 Å². The van der Waals surface area contributed by atoms with E-state index in [0.29, 0.717) is 48.7 Å². The molecule has 9 rings (SSSR count). The number of aromatic nitrogens is 2. The number of nitro benzene ring substituents is 1. The lowest BCUT2D eigenvalue weighted by Gasteiger charge is -2.56. The molecule has 3 N–H and O–H groups in total. The molecule has 1 atom stereocenters. The average molecular weight is 863 g/mol. The van der Waals surface area contributed by atoms with Crippen LogP contribution in [0, 0.1) is 21.4 Å². The maximum absolute atomic E-state index is 13.9. The summed E-state index contributed by atoms with van der Waals surface area (Å²) in [5, 5.41) is 16.0. The van der Waals surface area contributed by atoms with E-state index < -0.39 is 31.4 Å². The van der Waals surface area contributed by atoms with Crippen molar-refractivity contribution >= 4 is 49.7 Å². The lowest BCUT2D eigenvalue weighted by Crippen LogP contribution is -2.54. The van der Waals surface area contributed by atoms with Crippen molar-refractivity contribution in [3.05, 3.63) is 106 Å². The Bertz CT molecular complexity index is 2560. The number of ether oxygens (including phenoxy) is 2. The van der Waals surface area contributed by atoms with Crippen LogP contribution >= 0.6 is 0 Å². The summed E-state index contributed by atoms with van der Waals surface area (Å²) in [6.07, 6.45) is 11.9. The maximum Gasteiger partial charge on any atom is 0.293 e. The fourth-order valence-electron chi connectivity index (χ4n) is 10.1. The zero-order chi connectivity index (χ0) is 43.0. The first-order valence-electron chi connectivity index (χ1n) is 21.6. The second-order valence-corrected chi connectivity index (χ2v) is 19.3. The highest BCUT2D eigenvalue weighted by Crippen LogP contribution is 2.54. The summed E-state index contributed by atoms with van der Waals surface area (Å²) >= 11 is 0. The van der Waals surface area contributed by atoms with Gasteiger partial charge in [-0.25, -0.2) is 18.1 Å². The SMILES string of the molecule is CN(C)c1ccccc1[C@@H]1CCCN1C1CC2(CCN(c3ccc(C(=O)NS(=O)(=O)c4ccc(NCC5CCOCC5)c([N+](=O)[O-])c4)c(Oc4cnc5[nH]ccc5c4)c3)CC2)C1. The van der Waals surface area contributed by atoms with Crippen LogP contribution in [0.2, 0.25) is 0 Å². The Morgan fingerprint density at radius 1 is 1.02 bits per heavy atom. The van der Waals surface area contributed by atoms with E-state index in [1.54, 1.807) is 30.6 Å². The normalized spacial score (nSPS) is 19.6. The van der Waals surface area contributed by atoms with E-state index in [4.69, 9.17) is 9.47 Å². The van der Waals surface area contributed by atoms with Crippen molar-refractivity contribution in [1.29, 1.82) is 0 Å². The summed E-state index contributed by atoms with van der Waals surface area (Å²) < 4.78 is 41.3. The predicted molar refractivity (Wildman–Crippen MR) is 239 cm³/mol. The average Bonchev–Trinajstić information content (AvgIpc) is 3.95. The number of likely N-dealkylation sites (tertiary alicyclic amines) is 1. The molecule has 16 heteroatoms. The summed E-state index contributed by atoms with van der Waals surface area (Å²) in [5.41, 5.74) is 4.35. The van der Waals surface area contributed by atoms with Gasteiger partial charge in [-0.1, -0.05) is 18.2 Å². The number of nitrogens with zero attached hydrogens (tertiary/aromatic N) is 5. The van der Waals surface area contributed by atoms with Gasteiger partial charge in [-0.15, -0.1) is 0 Å². The van der Waals surface area contributed by atoms with Crippen LogP contribution in [-0.4, -0.2) is 93.6 Å². The van der Waals surface area contributed by atoms with Gasteiger partial charge in [0.15, 0.2) is 0 Å². The number of aromatic amines is 1. The highest BCUT2D eigenvalue weighted by Gasteiger charge is 2.50. The molecule has 0 radical (unpaired) electrons. The van der Waals surface area contributed by atoms with E-state index in [1.165, 1.54) is 49.1 Å². The Morgan fingerprint density at radius 2 is 1.81 bits per heavy atom. The smallest absolute Gasteiger partial charge is 0.293 e. The van der Waals surface area contributed by atoms with E-state index in [2.05, 4.69) is 73.1 Å². The summed E-state index contributed by atoms with van der Waals surface area (Å²) in [5.74, 6) is -0.120. The van der Waals surface area contributed by atoms with Crippen molar-refractivity contribution in [2.24, 2.45) is 11.3 Å². The fourth-order valence-corrected chi connectivity index (χ4v) is 11.0. The monoisotopic (exact) mass is 862 g/mol. The van der Waals surface area contributed by atoms with Crippen molar-refractivity contribution in [3.8, 4) is 11.5 Å². The molecule has 1 aliphatic carbocycles. The van der Waals surface area contributed by atoms with Crippen LogP contribution in [0.5, 0.6) is 11.5 Å². The third kappa shape index (κ3) is 8.55. The Kier molecular flexibility index (Phi) is 11.6. The first kappa shape index (κ1) is 41.6. The van der Waals surface area contributed by atoms with Gasteiger partial charge < -0.3 is 29.6 Å². The number of pyridine rings is 1. The zero-order valence-corrected chi connectivity index (χ0v) is 36.0. The first-order chi connectivity index (χ1) is 29.9. The number of anilines is 3. The Balaban J connectivity index is 0.903. The maximum atomic E-state index is 13.9. The molecule has 15 nitrogen and oxygen atoms in total. The van der Waals surface area contributed by atoms with Crippen molar-refractivity contribution < 1.29 is 27.6 Å². The quantitative estimate of drug-likeness (QED) is 0.0773. The van der Waals surface area contributed by atoms with Gasteiger partial charge in [0.25, 0.3) is 21.6 Å². The Labute approximate surface area is 362 Å². The van der Waals surface area contributed by atoms with Gasteiger partial charge in [-0.3, -0.25) is 19.8 Å². The molecule has 1 amide bonds. The summed E-state index contributed by atoms with van der Waals surface area (Å²) in [6.45, 7) is 4.57. The summed E-state index contributed by atoms with van der Waals surface area (Å²) in [6, 6.07) is 22.3. The molecule has 4 fully saturated rings. The number of piperidine rings is 1. The number of carbonyl (C=O) groups is 1. The van der Waals surface area contributed by atoms with Gasteiger partial charge in [-0.05, 0) is 117 Å². The zero-order valence-electron chi connectivity index (χ0n) is 35.2. The molecule has 3 saturated heterocycles. The highest BCUT2D eigenvalue weighted by molar-refractivity contribution is 7.90. The standard InChI is InChI=1S/C46H54N8O7S/c1-51(2)40-7-4-3-6-37(40)41-8-5-19-53(41)34-27-46(28-34)16-20-52(21-17-46)33-9-11-38(43(25-33)61-35-24-32-13-18-47-44(32)49-30-35)45(55)50-62(58,59)36-10-12-39(42(26-36)54(56)57)48-29-31-14-22-60-23-15-31/h3-4,6-7,9-13,18,24-26,30-31,34,41,48H,5,8,14-17,19-23,27-29H2,1-2H3,(H,47,49)(H,50,55)/t41-/m0/s1. The number of carbonyl (C=O) groups excluding carboxylic acids is 1. The molecule has 4 aliphatic rings. The van der Waals surface area contributed by atoms with Gasteiger partial charge in [0.2, 0.25) is 0 Å². The topological polar surface area (TPSA) is 175 Å². The molecule has 5 aromatic rings. The van der Waals surface area contributed by atoms with Crippen LogP contribution in [0.25, 0.3) is 11.0 Å². The molecule has 5 heterocycles. The number of H-pyrrole nitrogens is 1. The Hall–Kier alpha value is -5.71. The van der Waals surface area contributed by atoms with E-state index in [9.17, 15) is 23.3 Å². The minimum Gasteiger partial charge on any atom is -0.455 e. The van der Waals surface area contributed by atoms with E-state index in [1.807, 2.05) is 12.1 Å². The number of nitrogens with one attached hydrogen (secondary N) is 3. The number of hydrogen-bond acceptors (Lipinski definition) is 12. The van der Waals surface area contributed by atoms with E-state index >= 15 is 0 Å². The van der Waals surface area contributed by atoms with Crippen LogP contribution in [-0.2, 0) is 14.8 Å². The Morgan fingerprint density at radius 3 is 2.58 bits per heavy atom. The number of nitro groups is 1. The molecule has 3 aliphatic heterocycles. The molecule has 1 spiro atoms. The summed E-state index contributed by atoms with van der Waals surface area (Å²) in [7, 11) is -0.295. The lowest BCUT2D eigenvalue weighted by molar-refractivity contribution is -0.384. The van der Waals surface area contributed by atoms with Gasteiger partial charge in [0.05, 0.1) is 21.6 Å². The molecular weight excluding hydrogens is 809 g/mol. The third-order valence-electron chi connectivity index (χ3n) is 13.5. The number of hydrogen-bond donors (Lipinski definition) is 3. The lowest BCUT2D eigenvalue weighted by atomic mass is 9.59. The number of para-hydroxylation sites is 1. The molecule has 62 heavy (non-hydrogen) atoms. The van der Waals surface area contributed by atoms with E-state index in [0.717, 1.165) is 62.5 Å². The molecule has 2 aromatic heterocycles. The van der Waals surface area contributed by atoms with Gasteiger partial charge in [-0.2, -0.15) is 0 Å². The van der Waals surface area contributed by atoms with Crippen LogP contribution in [0.3, 0.4) is 0 Å². The van der Waals surface area contributed by atoms with Crippen LogP contribution < -0.4 is 24.6 Å². The van der Waals surface area contributed by atoms with Crippen molar-refractivity contribution in [2.45, 2.75) is 68.3 Å². The van der Waals surface area contributed by atoms with Gasteiger partial charge in [0.1, 0.15) is 22.8 Å². The minimum atomic E-state index is -4.54. The second kappa shape index (κ2) is 17.2. The predicted octanol–water partition coefficient (Wildman–Crippen LogP) is 7.87. The van der Waals surface area contributed by atoms with Gasteiger partial charge >= 0.3 is 0 Å². The number of sulfonamides is 1. The van der Waals surface area contributed by atoms with Crippen molar-refractivity contribution in [3.63, 3.8) is 0 Å². The molecule has 3 aromatic carbocycles. The molecule has 0 unspecified atom stereocenters. The van der Waals surface area contributed by atoms with Crippen molar-refractivity contribution in [1.82, 2.24) is 19.6 Å². The minimum absolute atomic E-state index is 0.0120. The third-order valence-corrected chi connectivity index (χ3v) is 14.8. The van der Waals surface area contributed by atoms with Crippen LogP contribution in [0.15, 0.2) is 90.1 Å². The van der Waals surface area contributed by atoms with Gasteiger partial charge in [0, 0.05) is 94.1 Å². The van der Waals surface area contributed by atoms with Crippen molar-refractivity contribution in [2.75, 3.05) is 68.6 Å². The molecule has 0 bridgehead atoms. The highest BCUT2D eigenvalue weighted by atomic mass is 32.2. The number of benzene rings is 3. The first-order valence-corrected chi connectivity index (χ1v) is 23.1. The fraction of sp³-hybridized carbons (Fsp3) is 0.435. The molecular formula is C46H54N8O7S. The van der Waals surface area contributed by atoms with Crippen LogP contribution in [0.1, 0.15) is 73.3 Å². The molecule has 1 saturated carbocycles. The largest absolute Gasteiger partial charge is 0.455 e. The van der Waals surface area contributed by atoms with Crippen LogP contribution in [0.4, 0.5) is 22.7 Å². The molecule has 326 valence electrons. The number of fused-ring (bicyclic) bond motifs is 1.